The molecule has 1 aliphatic heterocycles. The second kappa shape index (κ2) is 9.21. The van der Waals surface area contributed by atoms with Crippen LogP contribution in [0.1, 0.15) is 22.3 Å². The highest BCUT2D eigenvalue weighted by atomic mass is 15.2. The van der Waals surface area contributed by atoms with Crippen LogP contribution in [0.5, 0.6) is 0 Å². The van der Waals surface area contributed by atoms with E-state index in [9.17, 15) is 0 Å². The van der Waals surface area contributed by atoms with Gasteiger partial charge in [-0.1, -0.05) is 84.9 Å². The summed E-state index contributed by atoms with van der Waals surface area (Å²) >= 11 is 0. The van der Waals surface area contributed by atoms with E-state index in [1.54, 1.807) is 0 Å². The average Bonchev–Trinajstić information content (AvgIpc) is 3.10. The molecule has 0 aliphatic carbocycles. The van der Waals surface area contributed by atoms with Gasteiger partial charge in [-0.3, -0.25) is 0 Å². The van der Waals surface area contributed by atoms with Gasteiger partial charge < -0.3 is 4.90 Å². The molecule has 2 heteroatoms. The maximum Gasteiger partial charge on any atom is 0.0991 e. The Morgan fingerprint density at radius 1 is 0.556 bits per heavy atom. The quantitative estimate of drug-likeness (QED) is 0.268. The minimum Gasteiger partial charge on any atom is -0.310 e. The van der Waals surface area contributed by atoms with Gasteiger partial charge in [0.2, 0.25) is 0 Å². The summed E-state index contributed by atoms with van der Waals surface area (Å²) in [7, 11) is 0. The highest BCUT2D eigenvalue weighted by molar-refractivity contribution is 5.86. The third-order valence-corrected chi connectivity index (χ3v) is 7.22. The van der Waals surface area contributed by atoms with Gasteiger partial charge >= 0.3 is 0 Å². The minimum absolute atomic E-state index is 0.680. The summed E-state index contributed by atoms with van der Waals surface area (Å²) in [5.41, 5.74) is 13.1. The molecule has 0 fully saturated rings. The summed E-state index contributed by atoms with van der Waals surface area (Å²) in [5.74, 6) is 0. The number of benzene rings is 5. The van der Waals surface area contributed by atoms with Crippen molar-refractivity contribution < 1.29 is 0 Å². The molecule has 2 nitrogen and oxygen atoms in total. The lowest BCUT2D eigenvalue weighted by Crippen LogP contribution is -2.13. The highest BCUT2D eigenvalue weighted by Crippen LogP contribution is 2.44. The molecule has 1 heterocycles. The molecule has 0 atom stereocenters. The van der Waals surface area contributed by atoms with Crippen molar-refractivity contribution in [2.24, 2.45) is 0 Å². The van der Waals surface area contributed by atoms with Gasteiger partial charge in [0, 0.05) is 17.1 Å². The molecule has 0 radical (unpaired) electrons. The lowest BCUT2D eigenvalue weighted by molar-refractivity contribution is 0.977. The average molecular weight is 463 g/mol. The maximum absolute atomic E-state index is 9.07. The van der Waals surface area contributed by atoms with Gasteiger partial charge in [-0.15, -0.1) is 0 Å². The van der Waals surface area contributed by atoms with Crippen molar-refractivity contribution in [3.8, 4) is 28.3 Å². The van der Waals surface area contributed by atoms with Crippen LogP contribution in [0.25, 0.3) is 22.3 Å². The van der Waals surface area contributed by atoms with Crippen molar-refractivity contribution in [2.75, 3.05) is 4.90 Å². The van der Waals surface area contributed by atoms with Gasteiger partial charge in [-0.2, -0.15) is 5.26 Å². The zero-order valence-electron chi connectivity index (χ0n) is 20.3. The molecule has 0 amide bonds. The molecule has 0 spiro atoms. The summed E-state index contributed by atoms with van der Waals surface area (Å²) in [6.07, 6.45) is 2.08. The maximum atomic E-state index is 9.07. The Balaban J connectivity index is 1.43. The first-order valence-corrected chi connectivity index (χ1v) is 12.4. The van der Waals surface area contributed by atoms with Gasteiger partial charge in [-0.05, 0) is 89.0 Å². The van der Waals surface area contributed by atoms with E-state index >= 15 is 0 Å². The fourth-order valence-corrected chi connectivity index (χ4v) is 5.30. The van der Waals surface area contributed by atoms with Gasteiger partial charge in [0.25, 0.3) is 0 Å². The first kappa shape index (κ1) is 21.9. The Morgan fingerprint density at radius 3 is 1.64 bits per heavy atom. The summed E-state index contributed by atoms with van der Waals surface area (Å²) in [4.78, 5) is 2.45. The molecule has 0 aromatic heterocycles. The van der Waals surface area contributed by atoms with Crippen LogP contribution in [0.2, 0.25) is 0 Å². The first-order valence-electron chi connectivity index (χ1n) is 12.4. The molecule has 36 heavy (non-hydrogen) atoms. The van der Waals surface area contributed by atoms with E-state index < -0.39 is 0 Å². The smallest absolute Gasteiger partial charge is 0.0991 e. The normalized spacial score (nSPS) is 12.3. The Hall–Kier alpha value is -4.61. The van der Waals surface area contributed by atoms with E-state index in [1.165, 1.54) is 44.9 Å². The van der Waals surface area contributed by atoms with E-state index in [4.69, 9.17) is 5.26 Å². The predicted molar refractivity (Wildman–Crippen MR) is 149 cm³/mol. The number of hydrogen-bond donors (Lipinski definition) is 0. The summed E-state index contributed by atoms with van der Waals surface area (Å²) in [5, 5.41) is 9.07. The number of nitriles is 1. The van der Waals surface area contributed by atoms with Crippen molar-refractivity contribution in [1.29, 1.82) is 5.26 Å². The Morgan fingerprint density at radius 2 is 1.06 bits per heavy atom. The molecular weight excluding hydrogens is 436 g/mol. The summed E-state index contributed by atoms with van der Waals surface area (Å²) < 4.78 is 0. The second-order valence-corrected chi connectivity index (χ2v) is 9.31. The molecule has 5 aromatic carbocycles. The second-order valence-electron chi connectivity index (χ2n) is 9.31. The van der Waals surface area contributed by atoms with Crippen LogP contribution in [0.15, 0.2) is 115 Å². The molecule has 6 rings (SSSR count). The number of aryl methyl sites for hydroxylation is 2. The first-order chi connectivity index (χ1) is 17.7. The van der Waals surface area contributed by atoms with Crippen LogP contribution in [0.4, 0.5) is 17.1 Å². The van der Waals surface area contributed by atoms with Gasteiger partial charge in [0.05, 0.1) is 11.6 Å². The van der Waals surface area contributed by atoms with Gasteiger partial charge in [0.15, 0.2) is 0 Å². The predicted octanol–water partition coefficient (Wildman–Crippen LogP) is 8.77. The minimum atomic E-state index is 0.680. The van der Waals surface area contributed by atoms with Crippen LogP contribution in [0.3, 0.4) is 0 Å². The van der Waals surface area contributed by atoms with Crippen molar-refractivity contribution in [1.82, 2.24) is 0 Å². The van der Waals surface area contributed by atoms with E-state index in [1.807, 2.05) is 24.3 Å². The Labute approximate surface area is 212 Å². The third-order valence-electron chi connectivity index (χ3n) is 7.22. The largest absolute Gasteiger partial charge is 0.310 e. The number of hydrogen-bond acceptors (Lipinski definition) is 2. The SMILES string of the molecule is Cc1c(-c2ccc(-c3ccc(C#N)cc3)cc2)cccc1N1c2ccccc2CCc2ccccc21. The fraction of sp³-hybridized carbons (Fsp3) is 0.0882. The molecule has 0 N–H and O–H groups in total. The zero-order chi connectivity index (χ0) is 24.5. The van der Waals surface area contributed by atoms with Crippen LogP contribution in [0, 0.1) is 18.3 Å². The summed E-state index contributed by atoms with van der Waals surface area (Å²) in [6.45, 7) is 2.23. The standard InChI is InChI=1S/C34H26N2/c1-24-31(28-19-17-27(18-20-28)26-15-13-25(23-35)14-16-26)9-6-12-32(24)36-33-10-4-2-7-29(33)21-22-30-8-3-5-11-34(30)36/h2-20H,21-22H2,1H3. The number of nitrogens with zero attached hydrogens (tertiary/aromatic N) is 2. The zero-order valence-corrected chi connectivity index (χ0v) is 20.3. The van der Waals surface area contributed by atoms with E-state index in [0.717, 1.165) is 24.0 Å². The van der Waals surface area contributed by atoms with Crippen LogP contribution >= 0.6 is 0 Å². The Kier molecular flexibility index (Phi) is 5.60. The molecule has 0 saturated heterocycles. The fourth-order valence-electron chi connectivity index (χ4n) is 5.30. The van der Waals surface area contributed by atoms with Crippen molar-refractivity contribution in [3.05, 3.63) is 138 Å². The molecular formula is C34H26N2. The van der Waals surface area contributed by atoms with Crippen molar-refractivity contribution in [3.63, 3.8) is 0 Å². The third kappa shape index (κ3) is 3.85. The number of rotatable bonds is 3. The topological polar surface area (TPSA) is 27.0 Å². The van der Waals surface area contributed by atoms with Crippen LogP contribution in [-0.4, -0.2) is 0 Å². The lowest BCUT2D eigenvalue weighted by Gasteiger charge is -2.29. The van der Waals surface area contributed by atoms with Crippen molar-refractivity contribution in [2.45, 2.75) is 19.8 Å². The van der Waals surface area contributed by atoms with E-state index in [-0.39, 0.29) is 0 Å². The summed E-state index contributed by atoms with van der Waals surface area (Å²) in [6, 6.07) is 42.9. The lowest BCUT2D eigenvalue weighted by atomic mass is 9.95. The van der Waals surface area contributed by atoms with Crippen molar-refractivity contribution >= 4 is 17.1 Å². The van der Waals surface area contributed by atoms with Gasteiger partial charge in [0.1, 0.15) is 0 Å². The number of anilines is 3. The van der Waals surface area contributed by atoms with Crippen LogP contribution in [-0.2, 0) is 12.8 Å². The molecule has 0 saturated carbocycles. The molecule has 172 valence electrons. The monoisotopic (exact) mass is 462 g/mol. The Bertz CT molecular complexity index is 1540. The molecule has 5 aromatic rings. The number of para-hydroxylation sites is 2. The highest BCUT2D eigenvalue weighted by Gasteiger charge is 2.23. The molecule has 0 bridgehead atoms. The molecule has 0 unspecified atom stereocenters. The molecule has 1 aliphatic rings. The van der Waals surface area contributed by atoms with Gasteiger partial charge in [-0.25, -0.2) is 0 Å². The number of fused-ring (bicyclic) bond motifs is 2. The van der Waals surface area contributed by atoms with Crippen LogP contribution < -0.4 is 4.90 Å². The van der Waals surface area contributed by atoms with E-state index in [0.29, 0.717) is 5.56 Å². The van der Waals surface area contributed by atoms with E-state index in [2.05, 4.69) is 109 Å².